The molecule has 100 valence electrons. The van der Waals surface area contributed by atoms with Crippen molar-refractivity contribution >= 4 is 38.7 Å². The number of carbonyl (C=O) groups is 1. The van der Waals surface area contributed by atoms with E-state index in [0.717, 1.165) is 9.77 Å². The molecule has 0 amide bonds. The van der Waals surface area contributed by atoms with Crippen molar-refractivity contribution in [3.63, 3.8) is 0 Å². The van der Waals surface area contributed by atoms with Crippen LogP contribution < -0.4 is 0 Å². The van der Waals surface area contributed by atoms with Gasteiger partial charge in [-0.05, 0) is 35.7 Å². The van der Waals surface area contributed by atoms with Crippen molar-refractivity contribution in [1.82, 2.24) is 0 Å². The molecule has 0 spiro atoms. The van der Waals surface area contributed by atoms with Gasteiger partial charge in [0.2, 0.25) is 0 Å². The van der Waals surface area contributed by atoms with Crippen molar-refractivity contribution in [2.24, 2.45) is 0 Å². The van der Waals surface area contributed by atoms with E-state index in [1.807, 2.05) is 11.4 Å². The molecule has 0 radical (unpaired) electrons. The van der Waals surface area contributed by atoms with Gasteiger partial charge in [0.25, 0.3) is 0 Å². The first-order chi connectivity index (χ1) is 8.97. The third-order valence-electron chi connectivity index (χ3n) is 2.42. The van der Waals surface area contributed by atoms with Crippen LogP contribution in [0.3, 0.4) is 0 Å². The number of carbonyl (C=O) groups excluding carboxylic acids is 1. The van der Waals surface area contributed by atoms with Crippen LogP contribution in [0.15, 0.2) is 51.6 Å². The molecule has 1 aromatic carbocycles. The van der Waals surface area contributed by atoms with Gasteiger partial charge < -0.3 is 0 Å². The third-order valence-corrected chi connectivity index (χ3v) is 5.47. The maximum atomic E-state index is 11.8. The van der Waals surface area contributed by atoms with E-state index in [-0.39, 0.29) is 5.78 Å². The van der Waals surface area contributed by atoms with Crippen molar-refractivity contribution in [3.05, 3.63) is 46.7 Å². The molecule has 0 atom stereocenters. The van der Waals surface area contributed by atoms with Crippen molar-refractivity contribution in [2.45, 2.75) is 9.79 Å². The van der Waals surface area contributed by atoms with E-state index in [9.17, 15) is 13.2 Å². The fraction of sp³-hybridized carbons (Fsp3) is 0.154. The second-order valence-electron chi connectivity index (χ2n) is 3.93. The number of rotatable bonds is 5. The van der Waals surface area contributed by atoms with Crippen molar-refractivity contribution in [1.29, 1.82) is 0 Å². The minimum atomic E-state index is -3.16. The lowest BCUT2D eigenvalue weighted by molar-refractivity contribution is 0.102. The number of hydrogen-bond donors (Lipinski definition) is 0. The molecule has 0 aliphatic heterocycles. The SMILES string of the molecule is CS(=O)(=O)c1ccc(SCC(=O)c2cccs2)cc1. The summed E-state index contributed by atoms with van der Waals surface area (Å²) in [4.78, 5) is 13.7. The van der Waals surface area contributed by atoms with Gasteiger partial charge in [-0.25, -0.2) is 8.42 Å². The Kier molecular flexibility index (Phi) is 4.44. The van der Waals surface area contributed by atoms with Crippen LogP contribution in [0.4, 0.5) is 0 Å². The van der Waals surface area contributed by atoms with Gasteiger partial charge in [0.05, 0.1) is 15.5 Å². The topological polar surface area (TPSA) is 51.2 Å². The Labute approximate surface area is 120 Å². The first kappa shape index (κ1) is 14.3. The van der Waals surface area contributed by atoms with Crippen LogP contribution in [0, 0.1) is 0 Å². The van der Waals surface area contributed by atoms with Crippen LogP contribution >= 0.6 is 23.1 Å². The van der Waals surface area contributed by atoms with Crippen LogP contribution in [-0.4, -0.2) is 26.2 Å². The normalized spacial score (nSPS) is 11.4. The van der Waals surface area contributed by atoms with Crippen LogP contribution in [-0.2, 0) is 9.84 Å². The zero-order chi connectivity index (χ0) is 13.9. The largest absolute Gasteiger partial charge is 0.292 e. The lowest BCUT2D eigenvalue weighted by Crippen LogP contribution is -1.99. The molecule has 0 bridgehead atoms. The molecule has 0 aliphatic carbocycles. The maximum absolute atomic E-state index is 11.8. The molecule has 0 fully saturated rings. The van der Waals surface area contributed by atoms with E-state index in [1.54, 1.807) is 30.3 Å². The molecule has 3 nitrogen and oxygen atoms in total. The van der Waals surface area contributed by atoms with E-state index in [0.29, 0.717) is 10.6 Å². The molecular formula is C13H12O3S3. The Hall–Kier alpha value is -1.11. The third kappa shape index (κ3) is 3.92. The Morgan fingerprint density at radius 2 is 1.89 bits per heavy atom. The highest BCUT2D eigenvalue weighted by atomic mass is 32.2. The van der Waals surface area contributed by atoms with E-state index in [4.69, 9.17) is 0 Å². The molecule has 1 heterocycles. The molecule has 19 heavy (non-hydrogen) atoms. The van der Waals surface area contributed by atoms with E-state index in [2.05, 4.69) is 0 Å². The number of hydrogen-bond acceptors (Lipinski definition) is 5. The lowest BCUT2D eigenvalue weighted by atomic mass is 10.3. The fourth-order valence-electron chi connectivity index (χ4n) is 1.44. The molecule has 0 N–H and O–H groups in total. The summed E-state index contributed by atoms with van der Waals surface area (Å²) in [6, 6.07) is 10.2. The van der Waals surface area contributed by atoms with E-state index in [1.165, 1.54) is 29.4 Å². The number of Topliss-reactive ketones (excluding diaryl/α,β-unsaturated/α-hetero) is 1. The van der Waals surface area contributed by atoms with Crippen molar-refractivity contribution in [2.75, 3.05) is 12.0 Å². The predicted molar refractivity (Wildman–Crippen MR) is 78.9 cm³/mol. The first-order valence-electron chi connectivity index (χ1n) is 5.46. The highest BCUT2D eigenvalue weighted by Gasteiger charge is 2.09. The Balaban J connectivity index is 1.99. The molecule has 0 aliphatic rings. The number of thiophene rings is 1. The highest BCUT2D eigenvalue weighted by molar-refractivity contribution is 8.00. The molecule has 2 aromatic rings. The van der Waals surface area contributed by atoms with Crippen LogP contribution in [0.1, 0.15) is 9.67 Å². The van der Waals surface area contributed by atoms with Crippen molar-refractivity contribution in [3.8, 4) is 0 Å². The van der Waals surface area contributed by atoms with Gasteiger partial charge in [0.1, 0.15) is 0 Å². The summed E-state index contributed by atoms with van der Waals surface area (Å²) in [5, 5.41) is 1.87. The zero-order valence-electron chi connectivity index (χ0n) is 10.2. The monoisotopic (exact) mass is 312 g/mol. The van der Waals surface area contributed by atoms with Gasteiger partial charge in [-0.2, -0.15) is 0 Å². The van der Waals surface area contributed by atoms with E-state index >= 15 is 0 Å². The number of benzene rings is 1. The Bertz CT molecular complexity index is 656. The molecule has 0 unspecified atom stereocenters. The quantitative estimate of drug-likeness (QED) is 0.629. The standard InChI is InChI=1S/C13H12O3S3/c1-19(15,16)11-6-4-10(5-7-11)18-9-12(14)13-3-2-8-17-13/h2-8H,9H2,1H3. The van der Waals surface area contributed by atoms with Crippen LogP contribution in [0.25, 0.3) is 0 Å². The molecule has 0 saturated heterocycles. The molecule has 6 heteroatoms. The van der Waals surface area contributed by atoms with E-state index < -0.39 is 9.84 Å². The maximum Gasteiger partial charge on any atom is 0.182 e. The van der Waals surface area contributed by atoms with Gasteiger partial charge in [-0.15, -0.1) is 23.1 Å². The predicted octanol–water partition coefficient (Wildman–Crippen LogP) is 3.13. The lowest BCUT2D eigenvalue weighted by Gasteiger charge is -2.02. The summed E-state index contributed by atoms with van der Waals surface area (Å²) < 4.78 is 22.6. The minimum Gasteiger partial charge on any atom is -0.292 e. The molecule has 1 aromatic heterocycles. The minimum absolute atomic E-state index is 0.0900. The number of thioether (sulfide) groups is 1. The number of sulfone groups is 1. The molecule has 0 saturated carbocycles. The highest BCUT2D eigenvalue weighted by Crippen LogP contribution is 2.22. The average molecular weight is 312 g/mol. The van der Waals surface area contributed by atoms with Crippen molar-refractivity contribution < 1.29 is 13.2 Å². The van der Waals surface area contributed by atoms with Gasteiger partial charge in [0.15, 0.2) is 15.6 Å². The summed E-state index contributed by atoms with van der Waals surface area (Å²) in [6.07, 6.45) is 1.18. The first-order valence-corrected chi connectivity index (χ1v) is 9.22. The second kappa shape index (κ2) is 5.90. The van der Waals surface area contributed by atoms with Crippen LogP contribution in [0.2, 0.25) is 0 Å². The number of ketones is 1. The Morgan fingerprint density at radius 1 is 1.21 bits per heavy atom. The molecule has 2 rings (SSSR count). The van der Waals surface area contributed by atoms with Gasteiger partial charge >= 0.3 is 0 Å². The zero-order valence-corrected chi connectivity index (χ0v) is 12.6. The summed E-state index contributed by atoms with van der Waals surface area (Å²) in [5.41, 5.74) is 0. The summed E-state index contributed by atoms with van der Waals surface area (Å²) in [5.74, 6) is 0.450. The van der Waals surface area contributed by atoms with Gasteiger partial charge in [-0.1, -0.05) is 6.07 Å². The summed E-state index contributed by atoms with van der Waals surface area (Å²) in [7, 11) is -3.16. The average Bonchev–Trinajstić information content (AvgIpc) is 2.89. The summed E-state index contributed by atoms with van der Waals surface area (Å²) in [6.45, 7) is 0. The second-order valence-corrected chi connectivity index (χ2v) is 7.94. The smallest absolute Gasteiger partial charge is 0.182 e. The van der Waals surface area contributed by atoms with Gasteiger partial charge in [-0.3, -0.25) is 4.79 Å². The Morgan fingerprint density at radius 3 is 2.42 bits per heavy atom. The van der Waals surface area contributed by atoms with Crippen LogP contribution in [0.5, 0.6) is 0 Å². The van der Waals surface area contributed by atoms with Gasteiger partial charge in [0, 0.05) is 11.2 Å². The fourth-order valence-corrected chi connectivity index (χ4v) is 3.61. The summed E-state index contributed by atoms with van der Waals surface area (Å²) >= 11 is 2.84. The molecular weight excluding hydrogens is 300 g/mol.